The zero-order chi connectivity index (χ0) is 14.7. The summed E-state index contributed by atoms with van der Waals surface area (Å²) in [5.74, 6) is -0.368. The van der Waals surface area contributed by atoms with E-state index in [2.05, 4.69) is 5.32 Å². The van der Waals surface area contributed by atoms with Gasteiger partial charge in [0, 0.05) is 12.6 Å². The van der Waals surface area contributed by atoms with Crippen LogP contribution in [-0.2, 0) is 9.53 Å². The number of hydrogen-bond acceptors (Lipinski definition) is 5. The molecule has 3 N–H and O–H groups in total. The second kappa shape index (κ2) is 5.98. The van der Waals surface area contributed by atoms with Crippen molar-refractivity contribution in [3.63, 3.8) is 0 Å². The van der Waals surface area contributed by atoms with Gasteiger partial charge in [0.2, 0.25) is 0 Å². The van der Waals surface area contributed by atoms with Crippen molar-refractivity contribution in [1.29, 1.82) is 0 Å². The van der Waals surface area contributed by atoms with Gasteiger partial charge in [-0.1, -0.05) is 6.07 Å². The van der Waals surface area contributed by atoms with Crippen LogP contribution in [0.4, 0.5) is 11.4 Å². The standard InChI is InChI=1S/C13H17N3O4/c1-8-2-4-10(11(6-8)16(18)19)15-13(17)12-5-3-9(7-14)20-12/h2,4,6,9,12H,3,5,7,14H2,1H3,(H,15,17). The summed E-state index contributed by atoms with van der Waals surface area (Å²) in [5.41, 5.74) is 6.31. The van der Waals surface area contributed by atoms with Crippen LogP contribution in [0.3, 0.4) is 0 Å². The van der Waals surface area contributed by atoms with Crippen LogP contribution in [0.25, 0.3) is 0 Å². The number of nitrogens with one attached hydrogen (secondary N) is 1. The Morgan fingerprint density at radius 1 is 1.55 bits per heavy atom. The van der Waals surface area contributed by atoms with Crippen LogP contribution in [0.2, 0.25) is 0 Å². The van der Waals surface area contributed by atoms with Crippen molar-refractivity contribution in [3.8, 4) is 0 Å². The molecule has 1 saturated heterocycles. The SMILES string of the molecule is Cc1ccc(NC(=O)C2CCC(CN)O2)c([N+](=O)[O-])c1. The molecule has 0 aliphatic carbocycles. The Kier molecular flexibility index (Phi) is 4.31. The average Bonchev–Trinajstić information content (AvgIpc) is 2.89. The first-order valence-corrected chi connectivity index (χ1v) is 6.42. The van der Waals surface area contributed by atoms with Crippen LogP contribution in [0, 0.1) is 17.0 Å². The molecule has 0 aromatic heterocycles. The van der Waals surface area contributed by atoms with E-state index in [0.717, 1.165) is 12.0 Å². The first-order chi connectivity index (χ1) is 9.51. The Labute approximate surface area is 116 Å². The highest BCUT2D eigenvalue weighted by Crippen LogP contribution is 2.27. The minimum atomic E-state index is -0.593. The number of nitrogens with zero attached hydrogens (tertiary/aromatic N) is 1. The third-order valence-electron chi connectivity index (χ3n) is 3.27. The van der Waals surface area contributed by atoms with E-state index in [9.17, 15) is 14.9 Å². The van der Waals surface area contributed by atoms with Gasteiger partial charge in [0.15, 0.2) is 0 Å². The third-order valence-corrected chi connectivity index (χ3v) is 3.27. The van der Waals surface area contributed by atoms with E-state index in [1.54, 1.807) is 13.0 Å². The van der Waals surface area contributed by atoms with E-state index in [1.165, 1.54) is 12.1 Å². The normalized spacial score (nSPS) is 21.7. The fourth-order valence-electron chi connectivity index (χ4n) is 2.18. The molecule has 0 radical (unpaired) electrons. The lowest BCUT2D eigenvalue weighted by Gasteiger charge is -2.13. The maximum atomic E-state index is 12.0. The average molecular weight is 279 g/mol. The van der Waals surface area contributed by atoms with Crippen LogP contribution >= 0.6 is 0 Å². The van der Waals surface area contributed by atoms with E-state index >= 15 is 0 Å². The molecule has 1 aliphatic heterocycles. The first kappa shape index (κ1) is 14.4. The Morgan fingerprint density at radius 3 is 2.90 bits per heavy atom. The smallest absolute Gasteiger partial charge is 0.293 e. The molecule has 1 fully saturated rings. The molecule has 20 heavy (non-hydrogen) atoms. The number of ether oxygens (including phenoxy) is 1. The first-order valence-electron chi connectivity index (χ1n) is 6.42. The largest absolute Gasteiger partial charge is 0.364 e. The number of nitro groups is 1. The number of nitrogens with two attached hydrogens (primary N) is 1. The molecule has 1 aromatic carbocycles. The van der Waals surface area contributed by atoms with Gasteiger partial charge >= 0.3 is 0 Å². The zero-order valence-corrected chi connectivity index (χ0v) is 11.2. The van der Waals surface area contributed by atoms with Gasteiger partial charge in [-0.15, -0.1) is 0 Å². The predicted octanol–water partition coefficient (Wildman–Crippen LogP) is 1.35. The number of hydrogen-bond donors (Lipinski definition) is 2. The van der Waals surface area contributed by atoms with Crippen LogP contribution in [0.5, 0.6) is 0 Å². The predicted molar refractivity (Wildman–Crippen MR) is 73.4 cm³/mol. The molecule has 1 amide bonds. The summed E-state index contributed by atoms with van der Waals surface area (Å²) in [6.45, 7) is 2.12. The van der Waals surface area contributed by atoms with Gasteiger partial charge < -0.3 is 15.8 Å². The summed E-state index contributed by atoms with van der Waals surface area (Å²) in [6, 6.07) is 4.66. The summed E-state index contributed by atoms with van der Waals surface area (Å²) >= 11 is 0. The number of rotatable bonds is 4. The molecule has 0 saturated carbocycles. The van der Waals surface area contributed by atoms with Crippen molar-refractivity contribution in [2.24, 2.45) is 5.73 Å². The number of benzene rings is 1. The lowest BCUT2D eigenvalue weighted by Crippen LogP contribution is -2.30. The van der Waals surface area contributed by atoms with Crippen molar-refractivity contribution >= 4 is 17.3 Å². The number of nitro benzene ring substituents is 1. The number of carbonyl (C=O) groups is 1. The molecule has 1 aromatic rings. The Balaban J connectivity index is 2.10. The van der Waals surface area contributed by atoms with Crippen LogP contribution in [-0.4, -0.2) is 29.6 Å². The van der Waals surface area contributed by atoms with E-state index in [4.69, 9.17) is 10.5 Å². The second-order valence-corrected chi connectivity index (χ2v) is 4.83. The van der Waals surface area contributed by atoms with Crippen molar-refractivity contribution in [1.82, 2.24) is 0 Å². The third kappa shape index (κ3) is 3.12. The van der Waals surface area contributed by atoms with Crippen LogP contribution in [0.15, 0.2) is 18.2 Å². The Morgan fingerprint density at radius 2 is 2.30 bits per heavy atom. The molecule has 7 heteroatoms. The Hall–Kier alpha value is -1.99. The summed E-state index contributed by atoms with van der Waals surface area (Å²) in [7, 11) is 0. The highest BCUT2D eigenvalue weighted by Gasteiger charge is 2.30. The molecule has 7 nitrogen and oxygen atoms in total. The molecule has 0 spiro atoms. The quantitative estimate of drug-likeness (QED) is 0.639. The monoisotopic (exact) mass is 279 g/mol. The molecule has 0 bridgehead atoms. The maximum absolute atomic E-state index is 12.0. The lowest BCUT2D eigenvalue weighted by molar-refractivity contribution is -0.384. The summed E-state index contributed by atoms with van der Waals surface area (Å²) in [4.78, 5) is 22.5. The molecule has 1 heterocycles. The topological polar surface area (TPSA) is 107 Å². The van der Waals surface area contributed by atoms with Crippen molar-refractivity contribution in [2.45, 2.75) is 32.0 Å². The van der Waals surface area contributed by atoms with Crippen molar-refractivity contribution in [2.75, 3.05) is 11.9 Å². The van der Waals surface area contributed by atoms with Gasteiger partial charge in [-0.25, -0.2) is 0 Å². The molecule has 2 atom stereocenters. The fraction of sp³-hybridized carbons (Fsp3) is 0.462. The van der Waals surface area contributed by atoms with Gasteiger partial charge in [0.1, 0.15) is 11.8 Å². The van der Waals surface area contributed by atoms with Crippen molar-refractivity contribution in [3.05, 3.63) is 33.9 Å². The highest BCUT2D eigenvalue weighted by atomic mass is 16.6. The van der Waals surface area contributed by atoms with Gasteiger partial charge in [0.05, 0.1) is 11.0 Å². The van der Waals surface area contributed by atoms with E-state index in [-0.39, 0.29) is 23.4 Å². The summed E-state index contributed by atoms with van der Waals surface area (Å²) in [6.07, 6.45) is 0.598. The molecule has 1 aliphatic rings. The fourth-order valence-corrected chi connectivity index (χ4v) is 2.18. The second-order valence-electron chi connectivity index (χ2n) is 4.83. The molecule has 2 rings (SSSR count). The minimum Gasteiger partial charge on any atom is -0.364 e. The van der Waals surface area contributed by atoms with Crippen molar-refractivity contribution < 1.29 is 14.5 Å². The zero-order valence-electron chi connectivity index (χ0n) is 11.2. The van der Waals surface area contributed by atoms with Gasteiger partial charge in [-0.2, -0.15) is 0 Å². The summed E-state index contributed by atoms with van der Waals surface area (Å²) < 4.78 is 5.46. The van der Waals surface area contributed by atoms with E-state index in [1.807, 2.05) is 0 Å². The molecular weight excluding hydrogens is 262 g/mol. The lowest BCUT2D eigenvalue weighted by atomic mass is 10.1. The number of anilines is 1. The molecular formula is C13H17N3O4. The van der Waals surface area contributed by atoms with E-state index < -0.39 is 11.0 Å². The number of aryl methyl sites for hydroxylation is 1. The van der Waals surface area contributed by atoms with Gasteiger partial charge in [-0.3, -0.25) is 14.9 Å². The maximum Gasteiger partial charge on any atom is 0.293 e. The Bertz CT molecular complexity index is 532. The summed E-state index contributed by atoms with van der Waals surface area (Å²) in [5, 5.41) is 13.5. The van der Waals surface area contributed by atoms with Crippen LogP contribution in [0.1, 0.15) is 18.4 Å². The number of carbonyl (C=O) groups excluding carboxylic acids is 1. The minimum absolute atomic E-state index is 0.112. The highest BCUT2D eigenvalue weighted by molar-refractivity contribution is 5.96. The van der Waals surface area contributed by atoms with E-state index in [0.29, 0.717) is 13.0 Å². The number of amides is 1. The van der Waals surface area contributed by atoms with Gasteiger partial charge in [0.25, 0.3) is 11.6 Å². The molecule has 108 valence electrons. The van der Waals surface area contributed by atoms with Crippen LogP contribution < -0.4 is 11.1 Å². The molecule has 2 unspecified atom stereocenters. The van der Waals surface area contributed by atoms with Gasteiger partial charge in [-0.05, 0) is 31.4 Å².